The van der Waals surface area contributed by atoms with Crippen molar-refractivity contribution < 1.29 is 4.74 Å². The first-order valence-electron chi connectivity index (χ1n) is 5.81. The number of rotatable bonds is 1. The third-order valence-corrected chi connectivity index (χ3v) is 5.24. The van der Waals surface area contributed by atoms with Crippen LogP contribution in [0.2, 0.25) is 5.02 Å². The van der Waals surface area contributed by atoms with Crippen LogP contribution in [0.25, 0.3) is 10.9 Å². The van der Waals surface area contributed by atoms with Gasteiger partial charge in [-0.2, -0.15) is 5.10 Å². The van der Waals surface area contributed by atoms with Crippen LogP contribution in [0.3, 0.4) is 0 Å². The number of aromatic nitrogens is 2. The molecule has 1 aromatic heterocycles. The first kappa shape index (κ1) is 13.1. The molecule has 1 aliphatic rings. The smallest absolute Gasteiger partial charge is 0.150 e. The summed E-state index contributed by atoms with van der Waals surface area (Å²) in [6.07, 6.45) is 3.39. The predicted octanol–water partition coefficient (Wildman–Crippen LogP) is 4.76. The number of fused-ring (bicyclic) bond motifs is 1. The fraction of sp³-hybridized carbons (Fsp3) is 0.417. The Balaban J connectivity index is 2.14. The Labute approximate surface area is 132 Å². The highest BCUT2D eigenvalue weighted by Gasteiger charge is 2.21. The molecule has 2 heterocycles. The van der Waals surface area contributed by atoms with Crippen molar-refractivity contribution in [3.63, 3.8) is 0 Å². The minimum absolute atomic E-state index is 0.0459. The highest BCUT2D eigenvalue weighted by molar-refractivity contribution is 14.1. The Bertz CT molecular complexity index is 595. The van der Waals surface area contributed by atoms with Crippen LogP contribution in [0.4, 0.5) is 0 Å². The molecule has 0 radical (unpaired) electrons. The van der Waals surface area contributed by atoms with Crippen molar-refractivity contribution in [1.82, 2.24) is 9.78 Å². The Morgan fingerprint density at radius 1 is 1.44 bits per heavy atom. The lowest BCUT2D eigenvalue weighted by Gasteiger charge is -2.23. The number of nitrogens with zero attached hydrogens (tertiary/aromatic N) is 2. The van der Waals surface area contributed by atoms with E-state index in [0.29, 0.717) is 0 Å². The highest BCUT2D eigenvalue weighted by atomic mass is 127. The van der Waals surface area contributed by atoms with Gasteiger partial charge in [-0.1, -0.05) is 11.6 Å². The number of hydrogen-bond acceptors (Lipinski definition) is 2. The molecule has 3 rings (SSSR count). The number of hydrogen-bond donors (Lipinski definition) is 0. The minimum Gasteiger partial charge on any atom is -0.356 e. The molecule has 1 aliphatic heterocycles. The van der Waals surface area contributed by atoms with E-state index in [1.165, 1.54) is 6.42 Å². The second kappa shape index (κ2) is 5.26. The topological polar surface area (TPSA) is 27.1 Å². The van der Waals surface area contributed by atoms with Gasteiger partial charge in [0.2, 0.25) is 0 Å². The van der Waals surface area contributed by atoms with E-state index in [1.807, 2.05) is 10.7 Å². The molecule has 1 saturated heterocycles. The zero-order valence-electron chi connectivity index (χ0n) is 9.50. The van der Waals surface area contributed by atoms with E-state index in [9.17, 15) is 0 Å². The molecule has 1 unspecified atom stereocenters. The Kier molecular flexibility index (Phi) is 3.85. The van der Waals surface area contributed by atoms with Crippen molar-refractivity contribution in [1.29, 1.82) is 0 Å². The maximum Gasteiger partial charge on any atom is 0.150 e. The van der Waals surface area contributed by atoms with Gasteiger partial charge in [0.1, 0.15) is 4.60 Å². The van der Waals surface area contributed by atoms with Gasteiger partial charge in [-0.15, -0.1) is 0 Å². The fourth-order valence-corrected chi connectivity index (χ4v) is 3.33. The molecular formula is C12H11BrClIN2O. The average Bonchev–Trinajstić information content (AvgIpc) is 2.69. The van der Waals surface area contributed by atoms with Crippen molar-refractivity contribution in [2.75, 3.05) is 6.61 Å². The summed E-state index contributed by atoms with van der Waals surface area (Å²) in [5.74, 6) is 0. The Morgan fingerprint density at radius 3 is 3.00 bits per heavy atom. The quantitative estimate of drug-likeness (QED) is 0.597. The van der Waals surface area contributed by atoms with Crippen LogP contribution >= 0.6 is 50.1 Å². The molecule has 0 spiro atoms. The van der Waals surface area contributed by atoms with Crippen molar-refractivity contribution in [3.8, 4) is 0 Å². The monoisotopic (exact) mass is 440 g/mol. The molecule has 3 nitrogen and oxygen atoms in total. The normalized spacial score (nSPS) is 20.5. The lowest BCUT2D eigenvalue weighted by atomic mass is 10.2. The van der Waals surface area contributed by atoms with E-state index >= 15 is 0 Å². The summed E-state index contributed by atoms with van der Waals surface area (Å²) in [6, 6.07) is 4.02. The largest absolute Gasteiger partial charge is 0.356 e. The second-order valence-corrected chi connectivity index (χ2v) is 6.66. The van der Waals surface area contributed by atoms with Gasteiger partial charge in [0.15, 0.2) is 6.23 Å². The second-order valence-electron chi connectivity index (χ2n) is 4.34. The van der Waals surface area contributed by atoms with Crippen LogP contribution < -0.4 is 0 Å². The fourth-order valence-electron chi connectivity index (χ4n) is 2.23. The summed E-state index contributed by atoms with van der Waals surface area (Å²) in [6.45, 7) is 0.814. The molecule has 2 aromatic rings. The molecule has 18 heavy (non-hydrogen) atoms. The molecule has 0 bridgehead atoms. The molecule has 6 heteroatoms. The molecule has 0 N–H and O–H groups in total. The number of halogens is 3. The Morgan fingerprint density at radius 2 is 2.28 bits per heavy atom. The van der Waals surface area contributed by atoms with Crippen LogP contribution in [-0.2, 0) is 4.74 Å². The molecular weight excluding hydrogens is 430 g/mol. The first-order chi connectivity index (χ1) is 8.66. The SMILES string of the molecule is Clc1cc2c(Br)nn(C3CCCCO3)c2cc1I. The van der Waals surface area contributed by atoms with Crippen LogP contribution in [0.5, 0.6) is 0 Å². The molecule has 0 aliphatic carbocycles. The lowest BCUT2D eigenvalue weighted by molar-refractivity contribution is -0.0368. The van der Waals surface area contributed by atoms with Gasteiger partial charge in [0.05, 0.1) is 10.5 Å². The summed E-state index contributed by atoms with van der Waals surface area (Å²) in [5, 5.41) is 6.34. The number of ether oxygens (including phenoxy) is 1. The predicted molar refractivity (Wildman–Crippen MR) is 84.0 cm³/mol. The van der Waals surface area contributed by atoms with E-state index in [-0.39, 0.29) is 6.23 Å². The summed E-state index contributed by atoms with van der Waals surface area (Å²) in [5.41, 5.74) is 1.07. The lowest BCUT2D eigenvalue weighted by Crippen LogP contribution is -2.19. The standard InChI is InChI=1S/C12H11BrClIN2O/c13-12-7-5-8(14)9(15)6-10(7)17(16-12)11-3-1-2-4-18-11/h5-6,11H,1-4H2. The van der Waals surface area contributed by atoms with Crippen molar-refractivity contribution >= 4 is 61.0 Å². The first-order valence-corrected chi connectivity index (χ1v) is 8.06. The molecule has 0 amide bonds. The summed E-state index contributed by atoms with van der Waals surface area (Å²) >= 11 is 11.9. The molecule has 96 valence electrons. The third kappa shape index (κ3) is 2.30. The zero-order valence-corrected chi connectivity index (χ0v) is 14.0. The maximum atomic E-state index is 6.16. The van der Waals surface area contributed by atoms with E-state index in [0.717, 1.165) is 43.5 Å². The third-order valence-electron chi connectivity index (χ3n) is 3.13. The van der Waals surface area contributed by atoms with Crippen LogP contribution in [0, 0.1) is 3.57 Å². The van der Waals surface area contributed by atoms with Gasteiger partial charge in [-0.05, 0) is 69.9 Å². The van der Waals surface area contributed by atoms with Crippen LogP contribution in [0.1, 0.15) is 25.5 Å². The van der Waals surface area contributed by atoms with Crippen LogP contribution in [-0.4, -0.2) is 16.4 Å². The van der Waals surface area contributed by atoms with Gasteiger partial charge in [-0.3, -0.25) is 0 Å². The summed E-state index contributed by atoms with van der Waals surface area (Å²) < 4.78 is 9.63. The molecule has 1 aromatic carbocycles. The van der Waals surface area contributed by atoms with E-state index < -0.39 is 0 Å². The number of benzene rings is 1. The average molecular weight is 441 g/mol. The summed E-state index contributed by atoms with van der Waals surface area (Å²) in [4.78, 5) is 0. The van der Waals surface area contributed by atoms with Gasteiger partial charge in [-0.25, -0.2) is 4.68 Å². The van der Waals surface area contributed by atoms with Crippen LogP contribution in [0.15, 0.2) is 16.7 Å². The Hall–Kier alpha value is 0.150. The van der Waals surface area contributed by atoms with E-state index in [1.54, 1.807) is 0 Å². The zero-order chi connectivity index (χ0) is 12.7. The summed E-state index contributed by atoms with van der Waals surface area (Å²) in [7, 11) is 0. The van der Waals surface area contributed by atoms with Gasteiger partial charge in [0, 0.05) is 15.6 Å². The molecule has 0 saturated carbocycles. The maximum absolute atomic E-state index is 6.16. The van der Waals surface area contributed by atoms with E-state index in [4.69, 9.17) is 16.3 Å². The van der Waals surface area contributed by atoms with Crippen molar-refractivity contribution in [2.45, 2.75) is 25.5 Å². The van der Waals surface area contributed by atoms with E-state index in [2.05, 4.69) is 49.7 Å². The minimum atomic E-state index is 0.0459. The molecule has 1 fully saturated rings. The van der Waals surface area contributed by atoms with Gasteiger partial charge >= 0.3 is 0 Å². The molecule has 1 atom stereocenters. The van der Waals surface area contributed by atoms with Gasteiger partial charge < -0.3 is 4.74 Å². The van der Waals surface area contributed by atoms with Crippen molar-refractivity contribution in [2.24, 2.45) is 0 Å². The highest BCUT2D eigenvalue weighted by Crippen LogP contribution is 2.33. The van der Waals surface area contributed by atoms with Crippen molar-refractivity contribution in [3.05, 3.63) is 25.3 Å². The van der Waals surface area contributed by atoms with Gasteiger partial charge in [0.25, 0.3) is 0 Å².